The zero-order chi connectivity index (χ0) is 14.5. The highest BCUT2D eigenvalue weighted by atomic mass is 32.2. The summed E-state index contributed by atoms with van der Waals surface area (Å²) in [6, 6.07) is 5.98. The van der Waals surface area contributed by atoms with E-state index in [9.17, 15) is 9.18 Å². The van der Waals surface area contributed by atoms with Crippen molar-refractivity contribution in [3.05, 3.63) is 30.1 Å². The molecule has 2 rings (SSSR count). The summed E-state index contributed by atoms with van der Waals surface area (Å²) in [5.41, 5.74) is 0.726. The third-order valence-corrected chi connectivity index (χ3v) is 4.44. The number of ether oxygens (including phenoxy) is 1. The number of hydrogen-bond acceptors (Lipinski definition) is 4. The van der Waals surface area contributed by atoms with Crippen LogP contribution in [0.2, 0.25) is 0 Å². The average Bonchev–Trinajstić information content (AvgIpc) is 2.49. The number of carbonyl (C=O) groups is 1. The van der Waals surface area contributed by atoms with Crippen LogP contribution in [-0.2, 0) is 9.53 Å². The number of nitrogens with zero attached hydrogens (tertiary/aromatic N) is 1. The van der Waals surface area contributed by atoms with Gasteiger partial charge in [0.15, 0.2) is 5.11 Å². The van der Waals surface area contributed by atoms with Crippen molar-refractivity contribution in [2.45, 2.75) is 5.25 Å². The second-order valence-corrected chi connectivity index (χ2v) is 5.96. The first kappa shape index (κ1) is 15.1. The normalized spacial score (nSPS) is 18.5. The number of rotatable bonds is 2. The Balaban J connectivity index is 1.95. The fourth-order valence-electron chi connectivity index (χ4n) is 1.84. The predicted octanol–water partition coefficient (Wildman–Crippen LogP) is 2.11. The van der Waals surface area contributed by atoms with Crippen molar-refractivity contribution in [1.29, 1.82) is 0 Å². The van der Waals surface area contributed by atoms with Gasteiger partial charge in [-0.2, -0.15) is 0 Å². The van der Waals surface area contributed by atoms with Gasteiger partial charge in [-0.05, 0) is 36.5 Å². The van der Waals surface area contributed by atoms with E-state index < -0.39 is 0 Å². The van der Waals surface area contributed by atoms with E-state index in [0.717, 1.165) is 18.0 Å². The molecule has 0 spiro atoms. The molecular weight excluding hydrogens is 299 g/mol. The molecule has 1 aliphatic rings. The van der Waals surface area contributed by atoms with Crippen LogP contribution in [0.1, 0.15) is 0 Å². The van der Waals surface area contributed by atoms with Crippen LogP contribution >= 0.6 is 24.0 Å². The summed E-state index contributed by atoms with van der Waals surface area (Å²) in [7, 11) is 1.39. The second-order valence-electron chi connectivity index (χ2n) is 4.27. The number of thiocarbonyl (C=S) groups is 1. The lowest BCUT2D eigenvalue weighted by Gasteiger charge is -2.32. The van der Waals surface area contributed by atoms with Crippen molar-refractivity contribution >= 4 is 40.7 Å². The van der Waals surface area contributed by atoms with E-state index in [2.05, 4.69) is 5.32 Å². The van der Waals surface area contributed by atoms with Crippen LogP contribution in [0.4, 0.5) is 10.1 Å². The van der Waals surface area contributed by atoms with Crippen LogP contribution in [0, 0.1) is 5.82 Å². The number of methoxy groups -OCH3 is 1. The molecule has 108 valence electrons. The number of anilines is 1. The van der Waals surface area contributed by atoms with E-state index in [1.165, 1.54) is 19.2 Å². The highest BCUT2D eigenvalue weighted by Gasteiger charge is 2.28. The average molecular weight is 314 g/mol. The van der Waals surface area contributed by atoms with E-state index in [1.807, 2.05) is 4.90 Å². The molecule has 1 N–H and O–H groups in total. The van der Waals surface area contributed by atoms with E-state index in [-0.39, 0.29) is 17.0 Å². The Morgan fingerprint density at radius 2 is 2.20 bits per heavy atom. The SMILES string of the molecule is COC(=O)[C@H]1CN(C(=S)Nc2ccc(F)cc2)CCS1. The first-order chi connectivity index (χ1) is 9.60. The number of halogens is 1. The van der Waals surface area contributed by atoms with Crippen molar-refractivity contribution in [2.24, 2.45) is 0 Å². The Morgan fingerprint density at radius 3 is 2.85 bits per heavy atom. The Hall–Kier alpha value is -1.34. The van der Waals surface area contributed by atoms with Gasteiger partial charge in [0, 0.05) is 24.5 Å². The molecule has 20 heavy (non-hydrogen) atoms. The van der Waals surface area contributed by atoms with Gasteiger partial charge in [-0.3, -0.25) is 4.79 Å². The van der Waals surface area contributed by atoms with Gasteiger partial charge in [-0.15, -0.1) is 11.8 Å². The van der Waals surface area contributed by atoms with Crippen molar-refractivity contribution in [1.82, 2.24) is 4.90 Å². The minimum Gasteiger partial charge on any atom is -0.468 e. The van der Waals surface area contributed by atoms with Gasteiger partial charge >= 0.3 is 5.97 Å². The smallest absolute Gasteiger partial charge is 0.320 e. The van der Waals surface area contributed by atoms with E-state index in [0.29, 0.717) is 11.7 Å². The van der Waals surface area contributed by atoms with E-state index in [4.69, 9.17) is 17.0 Å². The fourth-order valence-corrected chi connectivity index (χ4v) is 3.26. The van der Waals surface area contributed by atoms with Crippen LogP contribution < -0.4 is 5.32 Å². The maximum absolute atomic E-state index is 12.8. The Labute approximate surface area is 126 Å². The molecule has 1 aliphatic heterocycles. The summed E-state index contributed by atoms with van der Waals surface area (Å²) in [6.45, 7) is 1.29. The fraction of sp³-hybridized carbons (Fsp3) is 0.385. The Kier molecular flexibility index (Phi) is 5.19. The number of carbonyl (C=O) groups excluding carboxylic acids is 1. The molecule has 4 nitrogen and oxygen atoms in total. The lowest BCUT2D eigenvalue weighted by atomic mass is 10.3. The molecule has 1 aromatic rings. The molecule has 1 fully saturated rings. The zero-order valence-electron chi connectivity index (χ0n) is 11.0. The van der Waals surface area contributed by atoms with E-state index in [1.54, 1.807) is 23.9 Å². The van der Waals surface area contributed by atoms with Gasteiger partial charge in [-0.25, -0.2) is 4.39 Å². The Bertz CT molecular complexity index is 496. The van der Waals surface area contributed by atoms with Gasteiger partial charge in [0.25, 0.3) is 0 Å². The van der Waals surface area contributed by atoms with Crippen molar-refractivity contribution < 1.29 is 13.9 Å². The second kappa shape index (κ2) is 6.90. The molecular formula is C13H15FN2O2S2. The number of thioether (sulfide) groups is 1. The van der Waals surface area contributed by atoms with Crippen LogP contribution in [0.25, 0.3) is 0 Å². The molecule has 1 saturated heterocycles. The van der Waals surface area contributed by atoms with Crippen LogP contribution in [0.5, 0.6) is 0 Å². The molecule has 1 atom stereocenters. The monoisotopic (exact) mass is 314 g/mol. The summed E-state index contributed by atoms with van der Waals surface area (Å²) >= 11 is 6.90. The number of nitrogens with one attached hydrogen (secondary N) is 1. The van der Waals surface area contributed by atoms with Crippen molar-refractivity contribution in [2.75, 3.05) is 31.3 Å². The molecule has 0 bridgehead atoms. The summed E-state index contributed by atoms with van der Waals surface area (Å²) < 4.78 is 17.6. The lowest BCUT2D eigenvalue weighted by molar-refractivity contribution is -0.140. The molecule has 0 amide bonds. The third-order valence-electron chi connectivity index (χ3n) is 2.91. The van der Waals surface area contributed by atoms with Crippen LogP contribution in [-0.4, -0.2) is 47.2 Å². The minimum absolute atomic E-state index is 0.221. The summed E-state index contributed by atoms with van der Waals surface area (Å²) in [6.07, 6.45) is 0. The Morgan fingerprint density at radius 1 is 1.50 bits per heavy atom. The molecule has 1 heterocycles. The summed E-state index contributed by atoms with van der Waals surface area (Å²) in [4.78, 5) is 13.5. The number of hydrogen-bond donors (Lipinski definition) is 1. The topological polar surface area (TPSA) is 41.6 Å². The zero-order valence-corrected chi connectivity index (χ0v) is 12.6. The van der Waals surface area contributed by atoms with E-state index >= 15 is 0 Å². The molecule has 7 heteroatoms. The largest absolute Gasteiger partial charge is 0.468 e. The molecule has 0 aromatic heterocycles. The molecule has 0 radical (unpaired) electrons. The number of benzene rings is 1. The van der Waals surface area contributed by atoms with Gasteiger partial charge in [-0.1, -0.05) is 0 Å². The maximum Gasteiger partial charge on any atom is 0.320 e. The quantitative estimate of drug-likeness (QED) is 0.666. The van der Waals surface area contributed by atoms with Gasteiger partial charge < -0.3 is 15.0 Å². The highest BCUT2D eigenvalue weighted by Crippen LogP contribution is 2.20. The third kappa shape index (κ3) is 3.83. The summed E-state index contributed by atoms with van der Waals surface area (Å²) in [5.74, 6) is 0.288. The molecule has 0 aliphatic carbocycles. The number of esters is 1. The lowest BCUT2D eigenvalue weighted by Crippen LogP contribution is -2.46. The first-order valence-electron chi connectivity index (χ1n) is 6.11. The van der Waals surface area contributed by atoms with Gasteiger partial charge in [0.2, 0.25) is 0 Å². The van der Waals surface area contributed by atoms with Crippen LogP contribution in [0.3, 0.4) is 0 Å². The molecule has 1 aromatic carbocycles. The van der Waals surface area contributed by atoms with Crippen molar-refractivity contribution in [3.63, 3.8) is 0 Å². The van der Waals surface area contributed by atoms with Gasteiger partial charge in [0.05, 0.1) is 7.11 Å². The summed E-state index contributed by atoms with van der Waals surface area (Å²) in [5, 5.41) is 3.36. The minimum atomic E-state index is -0.290. The molecule has 0 unspecified atom stereocenters. The predicted molar refractivity (Wildman–Crippen MR) is 82.5 cm³/mol. The maximum atomic E-state index is 12.8. The first-order valence-corrected chi connectivity index (χ1v) is 7.57. The molecule has 0 saturated carbocycles. The van der Waals surface area contributed by atoms with Crippen LogP contribution in [0.15, 0.2) is 24.3 Å². The van der Waals surface area contributed by atoms with Crippen molar-refractivity contribution in [3.8, 4) is 0 Å². The highest BCUT2D eigenvalue weighted by molar-refractivity contribution is 8.00. The standard InChI is InChI=1S/C13H15FN2O2S2/c1-18-12(17)11-8-16(6-7-20-11)13(19)15-10-4-2-9(14)3-5-10/h2-5,11H,6-8H2,1H3,(H,15,19)/t11-/m1/s1. The van der Waals surface area contributed by atoms with Gasteiger partial charge in [0.1, 0.15) is 11.1 Å².